The van der Waals surface area contributed by atoms with Crippen LogP contribution in [-0.4, -0.2) is 30.1 Å². The van der Waals surface area contributed by atoms with Crippen LogP contribution >= 0.6 is 0 Å². The quantitative estimate of drug-likeness (QED) is 0.138. The molecule has 0 spiro atoms. The van der Waals surface area contributed by atoms with Crippen molar-refractivity contribution in [2.75, 3.05) is 11.5 Å². The topological polar surface area (TPSA) is 52.0 Å². The van der Waals surface area contributed by atoms with Crippen molar-refractivity contribution in [2.45, 2.75) is 48.4 Å². The fraction of sp³-hybridized carbons (Fsp3) is 0.250. The molecule has 0 amide bonds. The van der Waals surface area contributed by atoms with Gasteiger partial charge in [-0.25, -0.2) is 0 Å². The second kappa shape index (κ2) is 11.8. The van der Waals surface area contributed by atoms with E-state index in [0.717, 1.165) is 24.3 Å². The van der Waals surface area contributed by atoms with E-state index in [2.05, 4.69) is 0 Å². The molecule has 4 rings (SSSR count). The Balaban J connectivity index is 1.92. The number of anilines is 2. The summed E-state index contributed by atoms with van der Waals surface area (Å²) < 4.78 is 174. The molecule has 0 heterocycles. The lowest BCUT2D eigenvalue weighted by Gasteiger charge is -2.46. The highest BCUT2D eigenvalue weighted by atomic mass is 19.4. The monoisotopic (exact) mass is 664 g/mol. The largest absolute Gasteiger partial charge is 0.460 e. The molecular weight excluding hydrogens is 640 g/mol. The molecule has 46 heavy (non-hydrogen) atoms. The number of benzene rings is 4. The summed E-state index contributed by atoms with van der Waals surface area (Å²) >= 11 is 0. The van der Waals surface area contributed by atoms with E-state index in [1.165, 1.54) is 24.3 Å². The highest BCUT2D eigenvalue weighted by molar-refractivity contribution is 5.49. The first kappa shape index (κ1) is 34.5. The van der Waals surface area contributed by atoms with Gasteiger partial charge in [0.1, 0.15) is 0 Å². The number of halogens is 12. The molecule has 0 aliphatic carbocycles. The van der Waals surface area contributed by atoms with Crippen molar-refractivity contribution in [3.8, 4) is 0 Å². The summed E-state index contributed by atoms with van der Waals surface area (Å²) in [4.78, 5) is 0. The average molecular weight is 665 g/mol. The number of nitrogen functional groups attached to an aromatic ring is 2. The molecule has 0 radical (unpaired) electrons. The van der Waals surface area contributed by atoms with Gasteiger partial charge in [-0.05, 0) is 70.5 Å². The smallest absolute Gasteiger partial charge is 0.399 e. The Bertz CT molecular complexity index is 1530. The molecule has 14 heteroatoms. The lowest BCUT2D eigenvalue weighted by molar-refractivity contribution is -0.416. The van der Waals surface area contributed by atoms with Crippen LogP contribution in [0.2, 0.25) is 0 Å². The van der Waals surface area contributed by atoms with Gasteiger partial charge in [-0.3, -0.25) is 0 Å². The third-order valence-corrected chi connectivity index (χ3v) is 7.59. The average Bonchev–Trinajstić information content (AvgIpc) is 2.96. The lowest BCUT2D eigenvalue weighted by atomic mass is 9.66. The van der Waals surface area contributed by atoms with E-state index in [-0.39, 0.29) is 24.0 Å². The van der Waals surface area contributed by atoms with E-state index >= 15 is 22.0 Å². The zero-order valence-electron chi connectivity index (χ0n) is 23.3. The van der Waals surface area contributed by atoms with E-state index in [1.807, 2.05) is 0 Å². The van der Waals surface area contributed by atoms with Crippen LogP contribution < -0.4 is 11.5 Å². The summed E-state index contributed by atoms with van der Waals surface area (Å²) in [6.07, 6.45) is -13.9. The highest BCUT2D eigenvalue weighted by Crippen LogP contribution is 2.64. The first-order chi connectivity index (χ1) is 21.1. The predicted octanol–water partition coefficient (Wildman–Crippen LogP) is 9.35. The van der Waals surface area contributed by atoms with Gasteiger partial charge in [0.2, 0.25) is 0 Å². The summed E-state index contributed by atoms with van der Waals surface area (Å²) in [6.45, 7) is 0. The maximum absolute atomic E-state index is 15.9. The standard InChI is InChI=1S/C32H24F12N2/c33-28(34,29(35,36)30(37,38)32(42,43)44)27(31(39,40)41,23-9-1-19(2-10-23)17-21-5-13-25(45)14-6-21)24-11-3-20(4-12-24)18-22-7-15-26(46)16-8-22/h1-16H,17-18,45-46H2. The van der Waals surface area contributed by atoms with Crippen LogP contribution in [0.1, 0.15) is 33.4 Å². The first-order valence-corrected chi connectivity index (χ1v) is 13.3. The molecule has 4 aromatic rings. The third-order valence-electron chi connectivity index (χ3n) is 7.59. The second-order valence-electron chi connectivity index (χ2n) is 10.7. The van der Waals surface area contributed by atoms with Crippen LogP contribution in [0.5, 0.6) is 0 Å². The third kappa shape index (κ3) is 5.84. The van der Waals surface area contributed by atoms with Gasteiger partial charge in [0.05, 0.1) is 0 Å². The minimum atomic E-state index is -7.58. The predicted molar refractivity (Wildman–Crippen MR) is 148 cm³/mol. The molecular formula is C32H24F12N2. The second-order valence-corrected chi connectivity index (χ2v) is 10.7. The number of nitrogens with two attached hydrogens (primary N) is 2. The summed E-state index contributed by atoms with van der Waals surface area (Å²) in [5.74, 6) is -22.3. The Morgan fingerprint density at radius 3 is 0.891 bits per heavy atom. The molecule has 4 aromatic carbocycles. The molecule has 4 N–H and O–H groups in total. The van der Waals surface area contributed by atoms with Gasteiger partial charge in [-0.1, -0.05) is 72.8 Å². The van der Waals surface area contributed by atoms with Gasteiger partial charge in [0, 0.05) is 11.4 Å². The molecule has 0 saturated heterocycles. The minimum Gasteiger partial charge on any atom is -0.399 e. The van der Waals surface area contributed by atoms with Gasteiger partial charge in [0.25, 0.3) is 0 Å². The maximum atomic E-state index is 15.9. The van der Waals surface area contributed by atoms with Crippen molar-refractivity contribution in [2.24, 2.45) is 0 Å². The van der Waals surface area contributed by atoms with Gasteiger partial charge in [0.15, 0.2) is 5.41 Å². The Hall–Kier alpha value is -4.36. The fourth-order valence-corrected chi connectivity index (χ4v) is 5.13. The zero-order valence-corrected chi connectivity index (χ0v) is 23.3. The van der Waals surface area contributed by atoms with Crippen LogP contribution in [0.3, 0.4) is 0 Å². The normalized spacial score (nSPS) is 13.6. The highest BCUT2D eigenvalue weighted by Gasteiger charge is 2.89. The van der Waals surface area contributed by atoms with Gasteiger partial charge < -0.3 is 11.5 Å². The lowest BCUT2D eigenvalue weighted by Crippen LogP contribution is -2.71. The molecule has 0 atom stereocenters. The van der Waals surface area contributed by atoms with Crippen LogP contribution in [0, 0.1) is 0 Å². The summed E-state index contributed by atoms with van der Waals surface area (Å²) in [5.41, 5.74) is 4.70. The molecule has 0 saturated carbocycles. The van der Waals surface area contributed by atoms with Crippen LogP contribution in [-0.2, 0) is 18.3 Å². The van der Waals surface area contributed by atoms with E-state index in [9.17, 15) is 30.7 Å². The van der Waals surface area contributed by atoms with Crippen molar-refractivity contribution >= 4 is 11.4 Å². The zero-order chi connectivity index (χ0) is 34.3. The Kier molecular flexibility index (Phi) is 8.83. The molecule has 246 valence electrons. The van der Waals surface area contributed by atoms with Crippen molar-refractivity contribution < 1.29 is 52.7 Å². The van der Waals surface area contributed by atoms with Gasteiger partial charge >= 0.3 is 30.1 Å². The Labute approximate surface area is 254 Å². The van der Waals surface area contributed by atoms with Crippen molar-refractivity contribution in [1.29, 1.82) is 0 Å². The van der Waals surface area contributed by atoms with Crippen molar-refractivity contribution in [3.05, 3.63) is 130 Å². The van der Waals surface area contributed by atoms with Crippen LogP contribution in [0.15, 0.2) is 97.1 Å². The number of rotatable bonds is 9. The SMILES string of the molecule is Nc1ccc(Cc2ccc(C(c3ccc(Cc4ccc(N)cc4)cc3)(C(F)(F)F)C(F)(F)C(F)(F)C(F)(F)C(F)(F)F)cc2)cc1. The van der Waals surface area contributed by atoms with E-state index < -0.39 is 46.7 Å². The van der Waals surface area contributed by atoms with Crippen LogP contribution in [0.25, 0.3) is 0 Å². The number of alkyl halides is 12. The molecule has 2 nitrogen and oxygen atoms in total. The summed E-state index contributed by atoms with van der Waals surface area (Å²) in [6, 6.07) is 17.0. The molecule has 0 aliphatic rings. The van der Waals surface area contributed by atoms with E-state index in [4.69, 9.17) is 11.5 Å². The van der Waals surface area contributed by atoms with E-state index in [1.54, 1.807) is 24.3 Å². The molecule has 0 fully saturated rings. The molecule has 0 aliphatic heterocycles. The Morgan fingerprint density at radius 2 is 0.630 bits per heavy atom. The summed E-state index contributed by atoms with van der Waals surface area (Å²) in [7, 11) is 0. The van der Waals surface area contributed by atoms with Crippen molar-refractivity contribution in [3.63, 3.8) is 0 Å². The molecule has 0 bridgehead atoms. The molecule has 0 unspecified atom stereocenters. The van der Waals surface area contributed by atoms with Gasteiger partial charge in [-0.2, -0.15) is 52.7 Å². The number of hydrogen-bond acceptors (Lipinski definition) is 2. The van der Waals surface area contributed by atoms with Gasteiger partial charge in [-0.15, -0.1) is 0 Å². The Morgan fingerprint density at radius 1 is 0.348 bits per heavy atom. The number of hydrogen-bond donors (Lipinski definition) is 2. The molecule has 0 aromatic heterocycles. The van der Waals surface area contributed by atoms with E-state index in [0.29, 0.717) is 46.8 Å². The maximum Gasteiger partial charge on any atom is 0.460 e. The van der Waals surface area contributed by atoms with Crippen LogP contribution in [0.4, 0.5) is 64.1 Å². The summed E-state index contributed by atoms with van der Waals surface area (Å²) in [5, 5.41) is 0. The first-order valence-electron chi connectivity index (χ1n) is 13.3. The fourth-order valence-electron chi connectivity index (χ4n) is 5.13. The van der Waals surface area contributed by atoms with Crippen molar-refractivity contribution in [1.82, 2.24) is 0 Å². The minimum absolute atomic E-state index is 0.00188.